The first-order valence-electron chi connectivity index (χ1n) is 5.87. The van der Waals surface area contributed by atoms with Gasteiger partial charge in [-0.1, -0.05) is 24.3 Å². The quantitative estimate of drug-likeness (QED) is 0.860. The Morgan fingerprint density at radius 1 is 1.05 bits per heavy atom. The molecule has 2 aromatic rings. The summed E-state index contributed by atoms with van der Waals surface area (Å²) in [6.45, 7) is 0.301. The van der Waals surface area contributed by atoms with E-state index < -0.39 is 17.4 Å². The van der Waals surface area contributed by atoms with E-state index in [2.05, 4.69) is 0 Å². The fourth-order valence-electron chi connectivity index (χ4n) is 1.91. The molecule has 0 unspecified atom stereocenters. The first-order chi connectivity index (χ1) is 9.11. The Morgan fingerprint density at radius 2 is 1.74 bits per heavy atom. The van der Waals surface area contributed by atoms with E-state index in [-0.39, 0.29) is 12.0 Å². The zero-order valence-electron chi connectivity index (χ0n) is 10.2. The van der Waals surface area contributed by atoms with Crippen molar-refractivity contribution in [3.8, 4) is 0 Å². The molecule has 19 heavy (non-hydrogen) atoms. The number of carbonyl (C=O) groups excluding carboxylic acids is 1. The number of halogens is 2. The summed E-state index contributed by atoms with van der Waals surface area (Å²) in [6.07, 6.45) is 0.00769. The fourth-order valence-corrected chi connectivity index (χ4v) is 1.91. The van der Waals surface area contributed by atoms with E-state index in [1.165, 1.54) is 0 Å². The van der Waals surface area contributed by atoms with Crippen LogP contribution in [0.4, 0.5) is 8.78 Å². The van der Waals surface area contributed by atoms with Gasteiger partial charge in [0.1, 0.15) is 11.6 Å². The average molecular weight is 261 g/mol. The largest absolute Gasteiger partial charge is 0.326 e. The van der Waals surface area contributed by atoms with Crippen molar-refractivity contribution in [2.45, 2.75) is 13.0 Å². The Bertz CT molecular complexity index is 611. The molecule has 0 saturated heterocycles. The fraction of sp³-hybridized carbons (Fsp3) is 0.133. The number of Topliss-reactive ketones (excluding diaryl/α,β-unsaturated/α-hetero) is 1. The van der Waals surface area contributed by atoms with Gasteiger partial charge in [0.25, 0.3) is 0 Å². The number of hydrogen-bond donors (Lipinski definition) is 1. The lowest BCUT2D eigenvalue weighted by Gasteiger charge is -2.07. The van der Waals surface area contributed by atoms with Gasteiger partial charge in [0.2, 0.25) is 0 Å². The van der Waals surface area contributed by atoms with E-state index in [4.69, 9.17) is 5.73 Å². The predicted octanol–water partition coefficient (Wildman–Crippen LogP) is 2.85. The highest BCUT2D eigenvalue weighted by Crippen LogP contribution is 2.15. The number of ketones is 1. The lowest BCUT2D eigenvalue weighted by atomic mass is 9.98. The lowest BCUT2D eigenvalue weighted by molar-refractivity contribution is 0.0988. The predicted molar refractivity (Wildman–Crippen MR) is 68.7 cm³/mol. The molecule has 4 heteroatoms. The standard InChI is InChI=1S/C15H13F2NO/c16-12-5-6-14(17)13(8-12)15(19)7-10-3-1-2-4-11(10)9-18/h1-6,8H,7,9,18H2. The van der Waals surface area contributed by atoms with Crippen molar-refractivity contribution in [2.75, 3.05) is 0 Å². The van der Waals surface area contributed by atoms with Gasteiger partial charge in [0, 0.05) is 13.0 Å². The molecular formula is C15H13F2NO. The normalized spacial score (nSPS) is 10.5. The second-order valence-electron chi connectivity index (χ2n) is 4.20. The Labute approximate surface area is 109 Å². The van der Waals surface area contributed by atoms with Crippen molar-refractivity contribution >= 4 is 5.78 Å². The van der Waals surface area contributed by atoms with Crippen molar-refractivity contribution in [3.63, 3.8) is 0 Å². The van der Waals surface area contributed by atoms with Gasteiger partial charge >= 0.3 is 0 Å². The summed E-state index contributed by atoms with van der Waals surface area (Å²) in [7, 11) is 0. The second-order valence-corrected chi connectivity index (χ2v) is 4.20. The zero-order chi connectivity index (χ0) is 13.8. The number of carbonyl (C=O) groups is 1. The maximum Gasteiger partial charge on any atom is 0.170 e. The highest BCUT2D eigenvalue weighted by molar-refractivity contribution is 5.97. The average Bonchev–Trinajstić information content (AvgIpc) is 2.42. The summed E-state index contributed by atoms with van der Waals surface area (Å²) in [4.78, 5) is 12.0. The van der Waals surface area contributed by atoms with Gasteiger partial charge in [-0.25, -0.2) is 8.78 Å². The number of benzene rings is 2. The molecule has 98 valence electrons. The van der Waals surface area contributed by atoms with Crippen LogP contribution in [0.15, 0.2) is 42.5 Å². The molecule has 2 rings (SSSR count). The summed E-state index contributed by atoms with van der Waals surface area (Å²) < 4.78 is 26.5. The first-order valence-corrected chi connectivity index (χ1v) is 5.87. The Morgan fingerprint density at radius 3 is 2.42 bits per heavy atom. The highest BCUT2D eigenvalue weighted by atomic mass is 19.1. The van der Waals surface area contributed by atoms with E-state index in [0.717, 1.165) is 29.3 Å². The third-order valence-corrected chi connectivity index (χ3v) is 2.92. The van der Waals surface area contributed by atoms with Crippen LogP contribution in [0.1, 0.15) is 21.5 Å². The molecule has 0 bridgehead atoms. The van der Waals surface area contributed by atoms with Gasteiger partial charge in [-0.05, 0) is 29.3 Å². The van der Waals surface area contributed by atoms with Crippen molar-refractivity contribution < 1.29 is 13.6 Å². The van der Waals surface area contributed by atoms with Crippen LogP contribution in [0.2, 0.25) is 0 Å². The van der Waals surface area contributed by atoms with Gasteiger partial charge in [0.15, 0.2) is 5.78 Å². The highest BCUT2D eigenvalue weighted by Gasteiger charge is 2.14. The number of nitrogens with two attached hydrogens (primary N) is 1. The zero-order valence-corrected chi connectivity index (χ0v) is 10.2. The van der Waals surface area contributed by atoms with E-state index in [9.17, 15) is 13.6 Å². The molecule has 0 aliphatic heterocycles. The molecule has 0 saturated carbocycles. The summed E-state index contributed by atoms with van der Waals surface area (Å²) in [6, 6.07) is 10.0. The van der Waals surface area contributed by atoms with Gasteiger partial charge in [-0.15, -0.1) is 0 Å². The smallest absolute Gasteiger partial charge is 0.170 e. The molecule has 0 radical (unpaired) electrons. The summed E-state index contributed by atoms with van der Waals surface area (Å²) in [5.41, 5.74) is 6.91. The Kier molecular flexibility index (Phi) is 4.02. The molecule has 0 amide bonds. The van der Waals surface area contributed by atoms with Crippen LogP contribution in [0.25, 0.3) is 0 Å². The maximum atomic E-state index is 13.5. The lowest BCUT2D eigenvalue weighted by Crippen LogP contribution is -2.10. The van der Waals surface area contributed by atoms with Crippen molar-refractivity contribution in [1.29, 1.82) is 0 Å². The summed E-state index contributed by atoms with van der Waals surface area (Å²) >= 11 is 0. The van der Waals surface area contributed by atoms with Crippen molar-refractivity contribution in [2.24, 2.45) is 5.73 Å². The molecule has 0 aliphatic rings. The number of rotatable bonds is 4. The molecule has 0 aliphatic carbocycles. The van der Waals surface area contributed by atoms with E-state index in [1.54, 1.807) is 12.1 Å². The molecule has 2 N–H and O–H groups in total. The molecule has 2 aromatic carbocycles. The summed E-state index contributed by atoms with van der Waals surface area (Å²) in [5, 5.41) is 0. The minimum atomic E-state index is -0.711. The maximum absolute atomic E-state index is 13.5. The van der Waals surface area contributed by atoms with E-state index in [0.29, 0.717) is 6.54 Å². The third-order valence-electron chi connectivity index (χ3n) is 2.92. The second kappa shape index (κ2) is 5.71. The van der Waals surface area contributed by atoms with Crippen LogP contribution in [-0.4, -0.2) is 5.78 Å². The van der Waals surface area contributed by atoms with Gasteiger partial charge in [0.05, 0.1) is 5.56 Å². The minimum Gasteiger partial charge on any atom is -0.326 e. The molecule has 2 nitrogen and oxygen atoms in total. The van der Waals surface area contributed by atoms with Crippen LogP contribution < -0.4 is 5.73 Å². The third kappa shape index (κ3) is 3.03. The molecular weight excluding hydrogens is 248 g/mol. The van der Waals surface area contributed by atoms with Crippen molar-refractivity contribution in [1.82, 2.24) is 0 Å². The van der Waals surface area contributed by atoms with E-state index in [1.807, 2.05) is 12.1 Å². The SMILES string of the molecule is NCc1ccccc1CC(=O)c1cc(F)ccc1F. The van der Waals surface area contributed by atoms with Crippen LogP contribution >= 0.6 is 0 Å². The van der Waals surface area contributed by atoms with Gasteiger partial charge in [-0.2, -0.15) is 0 Å². The van der Waals surface area contributed by atoms with E-state index >= 15 is 0 Å². The van der Waals surface area contributed by atoms with Crippen LogP contribution in [0, 0.1) is 11.6 Å². The topological polar surface area (TPSA) is 43.1 Å². The molecule has 0 atom stereocenters. The molecule has 0 spiro atoms. The monoisotopic (exact) mass is 261 g/mol. The van der Waals surface area contributed by atoms with Gasteiger partial charge in [-0.3, -0.25) is 4.79 Å². The minimum absolute atomic E-state index is 0.00769. The Balaban J connectivity index is 2.28. The van der Waals surface area contributed by atoms with Crippen LogP contribution in [0.5, 0.6) is 0 Å². The summed E-state index contributed by atoms with van der Waals surface area (Å²) in [5.74, 6) is -1.80. The van der Waals surface area contributed by atoms with Crippen molar-refractivity contribution in [3.05, 3.63) is 70.8 Å². The first kappa shape index (κ1) is 13.4. The molecule has 0 fully saturated rings. The van der Waals surface area contributed by atoms with Crippen LogP contribution in [0.3, 0.4) is 0 Å². The Hall–Kier alpha value is -2.07. The van der Waals surface area contributed by atoms with Gasteiger partial charge < -0.3 is 5.73 Å². The molecule has 0 aromatic heterocycles. The molecule has 0 heterocycles. The number of hydrogen-bond acceptors (Lipinski definition) is 2. The van der Waals surface area contributed by atoms with Crippen LogP contribution in [-0.2, 0) is 13.0 Å².